The van der Waals surface area contributed by atoms with Crippen LogP contribution in [0.2, 0.25) is 0 Å². The maximum Gasteiger partial charge on any atom is 0.243 e. The average Bonchev–Trinajstić information content (AvgIpc) is 2.65. The zero-order chi connectivity index (χ0) is 19.7. The van der Waals surface area contributed by atoms with Gasteiger partial charge in [0.05, 0.1) is 5.36 Å². The van der Waals surface area contributed by atoms with Gasteiger partial charge in [-0.15, -0.1) is 0 Å². The molecule has 2 aromatic heterocycles. The molecule has 2 heterocycles. The van der Waals surface area contributed by atoms with Crippen LogP contribution in [0, 0.1) is 27.7 Å². The molecule has 0 radical (unpaired) electrons. The lowest BCUT2D eigenvalue weighted by Gasteiger charge is -2.07. The molecule has 1 N–H and O–H groups in total. The van der Waals surface area contributed by atoms with Crippen molar-refractivity contribution in [2.75, 3.05) is 5.43 Å². The molecule has 4 aromatic rings. The van der Waals surface area contributed by atoms with Crippen LogP contribution in [-0.4, -0.2) is 9.97 Å². The molecule has 0 fully saturated rings. The second kappa shape index (κ2) is 7.27. The molecule has 0 unspecified atom stereocenters. The lowest BCUT2D eigenvalue weighted by Crippen LogP contribution is -2.09. The summed E-state index contributed by atoms with van der Waals surface area (Å²) < 4.78 is 6.18. The van der Waals surface area contributed by atoms with Crippen LogP contribution in [0.1, 0.15) is 22.5 Å². The largest absolute Gasteiger partial charge is 0.456 e. The van der Waals surface area contributed by atoms with Crippen molar-refractivity contribution >= 4 is 16.9 Å². The van der Waals surface area contributed by atoms with E-state index in [1.165, 1.54) is 5.56 Å². The zero-order valence-corrected chi connectivity index (χ0v) is 16.4. The van der Waals surface area contributed by atoms with Gasteiger partial charge in [0.25, 0.3) is 0 Å². The van der Waals surface area contributed by atoms with Crippen LogP contribution in [0.3, 0.4) is 0 Å². The van der Waals surface area contributed by atoms with Crippen molar-refractivity contribution in [2.24, 2.45) is 5.10 Å². The maximum atomic E-state index is 6.18. The summed E-state index contributed by atoms with van der Waals surface area (Å²) in [5.74, 6) is 1.25. The third kappa shape index (κ3) is 3.78. The summed E-state index contributed by atoms with van der Waals surface area (Å²) in [6.07, 6.45) is 0. The molecule has 0 aliphatic rings. The second-order valence-corrected chi connectivity index (χ2v) is 7.06. The van der Waals surface area contributed by atoms with Gasteiger partial charge in [-0.3, -0.25) is 0 Å². The Morgan fingerprint density at radius 2 is 1.46 bits per heavy atom. The number of aromatic nitrogens is 2. The topological polar surface area (TPSA) is 63.3 Å². The van der Waals surface area contributed by atoms with Crippen molar-refractivity contribution in [1.29, 1.82) is 0 Å². The van der Waals surface area contributed by atoms with Gasteiger partial charge in [-0.1, -0.05) is 35.9 Å². The standard InChI is InChI=1S/C23H22N4O/c1-14-5-8-18(9-6-14)21-13-20(19-10-7-15(2)11-22(19)28-21)26-27-23-24-16(3)12-17(4)25-23/h5-13H,1-4H3,(H,24,25,27)/b26-20+. The van der Waals surface area contributed by atoms with Gasteiger partial charge in [0.1, 0.15) is 11.3 Å². The van der Waals surface area contributed by atoms with E-state index in [9.17, 15) is 0 Å². The molecule has 0 aliphatic carbocycles. The first-order chi connectivity index (χ1) is 13.5. The molecule has 0 saturated heterocycles. The van der Waals surface area contributed by atoms with Crippen LogP contribution in [0.5, 0.6) is 0 Å². The molecule has 28 heavy (non-hydrogen) atoms. The fourth-order valence-corrected chi connectivity index (χ4v) is 3.11. The lowest BCUT2D eigenvalue weighted by atomic mass is 10.1. The highest BCUT2D eigenvalue weighted by molar-refractivity contribution is 5.79. The second-order valence-electron chi connectivity index (χ2n) is 7.06. The van der Waals surface area contributed by atoms with Crippen LogP contribution < -0.4 is 10.8 Å². The van der Waals surface area contributed by atoms with Crippen molar-refractivity contribution in [3.8, 4) is 11.3 Å². The Morgan fingerprint density at radius 1 is 0.786 bits per heavy atom. The number of nitrogens with one attached hydrogen (secondary N) is 1. The fraction of sp³-hybridized carbons (Fsp3) is 0.174. The molecule has 0 bridgehead atoms. The molecule has 4 rings (SSSR count). The highest BCUT2D eigenvalue weighted by Gasteiger charge is 2.07. The Balaban J connectivity index is 1.86. The third-order valence-corrected chi connectivity index (χ3v) is 4.50. The van der Waals surface area contributed by atoms with Gasteiger partial charge in [-0.25, -0.2) is 15.4 Å². The predicted octanol–water partition coefficient (Wildman–Crippen LogP) is 5.05. The Hall–Kier alpha value is -3.47. The van der Waals surface area contributed by atoms with Gasteiger partial charge < -0.3 is 4.42 Å². The number of nitrogens with zero attached hydrogens (tertiary/aromatic N) is 3. The summed E-state index contributed by atoms with van der Waals surface area (Å²) in [6, 6.07) is 18.2. The number of rotatable bonds is 3. The van der Waals surface area contributed by atoms with Crippen LogP contribution in [0.25, 0.3) is 22.3 Å². The molecule has 0 spiro atoms. The number of benzene rings is 2. The zero-order valence-electron chi connectivity index (χ0n) is 16.4. The van der Waals surface area contributed by atoms with E-state index in [-0.39, 0.29) is 0 Å². The predicted molar refractivity (Wildman–Crippen MR) is 112 cm³/mol. The molecule has 140 valence electrons. The molecular formula is C23H22N4O. The monoisotopic (exact) mass is 370 g/mol. The van der Waals surface area contributed by atoms with Crippen LogP contribution in [0.4, 0.5) is 5.95 Å². The number of hydrogen-bond donors (Lipinski definition) is 1. The van der Waals surface area contributed by atoms with Gasteiger partial charge >= 0.3 is 0 Å². The van der Waals surface area contributed by atoms with E-state index in [0.29, 0.717) is 5.95 Å². The molecule has 0 saturated carbocycles. The van der Waals surface area contributed by atoms with Crippen molar-refractivity contribution in [3.63, 3.8) is 0 Å². The molecular weight excluding hydrogens is 348 g/mol. The highest BCUT2D eigenvalue weighted by atomic mass is 16.3. The summed E-state index contributed by atoms with van der Waals surface area (Å²) >= 11 is 0. The van der Waals surface area contributed by atoms with Gasteiger partial charge in [0.2, 0.25) is 5.95 Å². The SMILES string of the molecule is Cc1ccc(-c2c/c(=N\Nc3nc(C)cc(C)n3)c3ccc(C)cc3o2)cc1. The van der Waals surface area contributed by atoms with E-state index >= 15 is 0 Å². The Bertz CT molecular complexity index is 1200. The maximum absolute atomic E-state index is 6.18. The molecule has 0 amide bonds. The van der Waals surface area contributed by atoms with E-state index in [1.54, 1.807) is 0 Å². The van der Waals surface area contributed by atoms with E-state index < -0.39 is 0 Å². The van der Waals surface area contributed by atoms with E-state index in [2.05, 4.69) is 57.8 Å². The van der Waals surface area contributed by atoms with Crippen molar-refractivity contribution in [3.05, 3.63) is 82.5 Å². The average molecular weight is 370 g/mol. The molecule has 5 heteroatoms. The first kappa shape index (κ1) is 17.9. The van der Waals surface area contributed by atoms with Crippen molar-refractivity contribution in [2.45, 2.75) is 27.7 Å². The number of aryl methyl sites for hydroxylation is 4. The first-order valence-corrected chi connectivity index (χ1v) is 9.21. The van der Waals surface area contributed by atoms with Gasteiger partial charge in [-0.2, -0.15) is 5.10 Å². The van der Waals surface area contributed by atoms with Crippen molar-refractivity contribution < 1.29 is 4.42 Å². The summed E-state index contributed by atoms with van der Waals surface area (Å²) in [5.41, 5.74) is 8.93. The molecule has 0 aliphatic heterocycles. The third-order valence-electron chi connectivity index (χ3n) is 4.50. The quantitative estimate of drug-likeness (QED) is 0.513. The summed E-state index contributed by atoms with van der Waals surface area (Å²) in [4.78, 5) is 8.79. The number of fused-ring (bicyclic) bond motifs is 1. The van der Waals surface area contributed by atoms with Gasteiger partial charge in [-0.05, 0) is 51.5 Å². The van der Waals surface area contributed by atoms with Crippen LogP contribution in [-0.2, 0) is 0 Å². The summed E-state index contributed by atoms with van der Waals surface area (Å²) in [6.45, 7) is 8.00. The van der Waals surface area contributed by atoms with Crippen LogP contribution >= 0.6 is 0 Å². The van der Waals surface area contributed by atoms with E-state index in [4.69, 9.17) is 4.42 Å². The molecule has 0 atom stereocenters. The van der Waals surface area contributed by atoms with Crippen LogP contribution in [0.15, 0.2) is 64.1 Å². The minimum Gasteiger partial charge on any atom is -0.456 e. The Morgan fingerprint density at radius 3 is 2.18 bits per heavy atom. The highest BCUT2D eigenvalue weighted by Crippen LogP contribution is 2.23. The number of anilines is 1. The van der Waals surface area contributed by atoms with E-state index in [1.807, 2.05) is 45.0 Å². The van der Waals surface area contributed by atoms with E-state index in [0.717, 1.165) is 44.6 Å². The van der Waals surface area contributed by atoms with Gasteiger partial charge in [0.15, 0.2) is 0 Å². The molecule has 2 aromatic carbocycles. The Kier molecular flexibility index (Phi) is 4.65. The summed E-state index contributed by atoms with van der Waals surface area (Å²) in [7, 11) is 0. The lowest BCUT2D eigenvalue weighted by molar-refractivity contribution is 0.618. The van der Waals surface area contributed by atoms with Gasteiger partial charge in [0, 0.05) is 28.4 Å². The number of hydrogen-bond acceptors (Lipinski definition) is 5. The normalized spacial score (nSPS) is 11.8. The summed E-state index contributed by atoms with van der Waals surface area (Å²) in [5, 5.41) is 6.29. The minimum atomic E-state index is 0.482. The minimum absolute atomic E-state index is 0.482. The molecule has 5 nitrogen and oxygen atoms in total. The smallest absolute Gasteiger partial charge is 0.243 e. The van der Waals surface area contributed by atoms with Crippen molar-refractivity contribution in [1.82, 2.24) is 9.97 Å². The fourth-order valence-electron chi connectivity index (χ4n) is 3.11. The first-order valence-electron chi connectivity index (χ1n) is 9.21. The Labute approximate surface area is 163 Å².